The summed E-state index contributed by atoms with van der Waals surface area (Å²) in [5.41, 5.74) is 1.16. The average Bonchev–Trinajstić information content (AvgIpc) is 2.53. The molecule has 0 unspecified atom stereocenters. The molecule has 0 bridgehead atoms. The van der Waals surface area contributed by atoms with Crippen LogP contribution in [0.25, 0.3) is 0 Å². The maximum Gasteiger partial charge on any atom is 0.326 e. The number of carbonyl (C=O) groups is 3. The highest BCUT2D eigenvalue weighted by atomic mass is 16.4. The predicted octanol–water partition coefficient (Wildman–Crippen LogP) is 1.22. The van der Waals surface area contributed by atoms with Crippen molar-refractivity contribution in [1.29, 1.82) is 5.26 Å². The highest BCUT2D eigenvalue weighted by Crippen LogP contribution is 2.09. The van der Waals surface area contributed by atoms with E-state index in [0.717, 1.165) is 0 Å². The number of aliphatic carboxylic acids is 1. The molecular formula is C18H23N3O4. The minimum absolute atomic E-state index is 0.0846. The minimum atomic E-state index is -1.16. The van der Waals surface area contributed by atoms with E-state index < -0.39 is 24.0 Å². The third kappa shape index (κ3) is 7.04. The van der Waals surface area contributed by atoms with Crippen LogP contribution in [0.1, 0.15) is 38.3 Å². The largest absolute Gasteiger partial charge is 0.480 e. The van der Waals surface area contributed by atoms with Gasteiger partial charge in [-0.25, -0.2) is 4.79 Å². The quantitative estimate of drug-likeness (QED) is 0.654. The third-order valence-electron chi connectivity index (χ3n) is 3.54. The van der Waals surface area contributed by atoms with Gasteiger partial charge in [0.15, 0.2) is 0 Å². The van der Waals surface area contributed by atoms with Gasteiger partial charge in [0.2, 0.25) is 11.8 Å². The van der Waals surface area contributed by atoms with Gasteiger partial charge >= 0.3 is 5.97 Å². The van der Waals surface area contributed by atoms with Crippen molar-refractivity contribution in [1.82, 2.24) is 10.6 Å². The Balaban J connectivity index is 2.83. The summed E-state index contributed by atoms with van der Waals surface area (Å²) in [5.74, 6) is -1.88. The molecule has 0 spiro atoms. The third-order valence-corrected chi connectivity index (χ3v) is 3.54. The number of nitrogens with zero attached hydrogens (tertiary/aromatic N) is 1. The summed E-state index contributed by atoms with van der Waals surface area (Å²) in [6.45, 7) is 5.13. The molecule has 2 atom stereocenters. The van der Waals surface area contributed by atoms with E-state index in [4.69, 9.17) is 5.26 Å². The van der Waals surface area contributed by atoms with Crippen LogP contribution < -0.4 is 10.6 Å². The summed E-state index contributed by atoms with van der Waals surface area (Å²) >= 11 is 0. The molecule has 0 aliphatic carbocycles. The van der Waals surface area contributed by atoms with E-state index in [1.165, 1.54) is 6.92 Å². The van der Waals surface area contributed by atoms with Crippen molar-refractivity contribution in [2.24, 2.45) is 5.92 Å². The summed E-state index contributed by atoms with van der Waals surface area (Å²) < 4.78 is 0. The molecule has 0 fully saturated rings. The van der Waals surface area contributed by atoms with E-state index in [-0.39, 0.29) is 18.2 Å². The lowest BCUT2D eigenvalue weighted by molar-refractivity contribution is -0.142. The SMILES string of the molecule is CC(=O)N[C@@H](CC(C)C)C(=O)N[C@H](Cc1ccc(C#N)cc1)C(=O)O. The Morgan fingerprint density at radius 1 is 1.12 bits per heavy atom. The molecule has 0 aliphatic rings. The molecular weight excluding hydrogens is 322 g/mol. The van der Waals surface area contributed by atoms with E-state index in [1.807, 2.05) is 19.9 Å². The average molecular weight is 345 g/mol. The zero-order valence-electron chi connectivity index (χ0n) is 14.6. The van der Waals surface area contributed by atoms with Gasteiger partial charge in [-0.05, 0) is 30.0 Å². The Morgan fingerprint density at radius 2 is 1.72 bits per heavy atom. The maximum absolute atomic E-state index is 12.4. The lowest BCUT2D eigenvalue weighted by Gasteiger charge is -2.22. The molecule has 1 rings (SSSR count). The predicted molar refractivity (Wildman–Crippen MR) is 91.5 cm³/mol. The fourth-order valence-corrected chi connectivity index (χ4v) is 2.37. The van der Waals surface area contributed by atoms with Crippen LogP contribution in [-0.2, 0) is 20.8 Å². The molecule has 0 aliphatic heterocycles. The van der Waals surface area contributed by atoms with E-state index >= 15 is 0 Å². The Bertz CT molecular complexity index is 662. The number of hydrogen-bond acceptors (Lipinski definition) is 4. The summed E-state index contributed by atoms with van der Waals surface area (Å²) in [6, 6.07) is 6.58. The zero-order valence-corrected chi connectivity index (χ0v) is 14.6. The van der Waals surface area contributed by atoms with E-state index in [1.54, 1.807) is 24.3 Å². The normalized spacial score (nSPS) is 12.8. The molecule has 134 valence electrons. The first kappa shape index (κ1) is 20.2. The van der Waals surface area contributed by atoms with Crippen molar-refractivity contribution in [3.63, 3.8) is 0 Å². The van der Waals surface area contributed by atoms with Crippen LogP contribution in [0.3, 0.4) is 0 Å². The van der Waals surface area contributed by atoms with E-state index in [2.05, 4.69) is 10.6 Å². The number of carboxylic acid groups (broad SMARTS) is 1. The van der Waals surface area contributed by atoms with Crippen LogP contribution >= 0.6 is 0 Å². The zero-order chi connectivity index (χ0) is 19.0. The van der Waals surface area contributed by atoms with Crippen LogP contribution in [0.5, 0.6) is 0 Å². The molecule has 7 nitrogen and oxygen atoms in total. The van der Waals surface area contributed by atoms with Gasteiger partial charge in [0.05, 0.1) is 11.6 Å². The van der Waals surface area contributed by atoms with Gasteiger partial charge in [-0.2, -0.15) is 5.26 Å². The Hall–Kier alpha value is -2.88. The van der Waals surface area contributed by atoms with Gasteiger partial charge in [-0.3, -0.25) is 9.59 Å². The monoisotopic (exact) mass is 345 g/mol. The van der Waals surface area contributed by atoms with Crippen LogP contribution in [0.2, 0.25) is 0 Å². The Kier molecular flexibility index (Phi) is 7.60. The smallest absolute Gasteiger partial charge is 0.326 e. The fourth-order valence-electron chi connectivity index (χ4n) is 2.37. The molecule has 0 aromatic heterocycles. The number of carbonyl (C=O) groups excluding carboxylic acids is 2. The Labute approximate surface area is 147 Å². The highest BCUT2D eigenvalue weighted by molar-refractivity contribution is 5.90. The second-order valence-corrected chi connectivity index (χ2v) is 6.29. The molecule has 25 heavy (non-hydrogen) atoms. The fraction of sp³-hybridized carbons (Fsp3) is 0.444. The van der Waals surface area contributed by atoms with Gasteiger partial charge in [-0.15, -0.1) is 0 Å². The standard InChI is InChI=1S/C18H23N3O4/c1-11(2)8-15(20-12(3)22)17(23)21-16(18(24)25)9-13-4-6-14(10-19)7-5-13/h4-7,11,15-16H,8-9H2,1-3H3,(H,20,22)(H,21,23)(H,24,25)/t15-,16+/m0/s1. The van der Waals surface area contributed by atoms with Crippen LogP contribution in [0, 0.1) is 17.2 Å². The van der Waals surface area contributed by atoms with Crippen molar-refractivity contribution >= 4 is 17.8 Å². The summed E-state index contributed by atoms with van der Waals surface area (Å²) in [7, 11) is 0. The summed E-state index contributed by atoms with van der Waals surface area (Å²) in [6.07, 6.45) is 0.496. The van der Waals surface area contributed by atoms with Crippen molar-refractivity contribution in [2.45, 2.75) is 45.7 Å². The number of benzene rings is 1. The first-order valence-corrected chi connectivity index (χ1v) is 8.02. The number of nitrogens with one attached hydrogen (secondary N) is 2. The van der Waals surface area contributed by atoms with E-state index in [9.17, 15) is 19.5 Å². The number of rotatable bonds is 8. The van der Waals surface area contributed by atoms with Gasteiger partial charge in [0, 0.05) is 13.3 Å². The summed E-state index contributed by atoms with van der Waals surface area (Å²) in [4.78, 5) is 35.1. The molecule has 1 aromatic rings. The van der Waals surface area contributed by atoms with Crippen molar-refractivity contribution in [3.05, 3.63) is 35.4 Å². The first-order valence-electron chi connectivity index (χ1n) is 8.02. The van der Waals surface area contributed by atoms with Gasteiger partial charge in [0.1, 0.15) is 12.1 Å². The molecule has 0 saturated carbocycles. The van der Waals surface area contributed by atoms with Crippen LogP contribution in [0.15, 0.2) is 24.3 Å². The molecule has 3 N–H and O–H groups in total. The van der Waals surface area contributed by atoms with Crippen molar-refractivity contribution < 1.29 is 19.5 Å². The summed E-state index contributed by atoms with van der Waals surface area (Å²) in [5, 5.41) is 23.2. The van der Waals surface area contributed by atoms with E-state index in [0.29, 0.717) is 17.5 Å². The van der Waals surface area contributed by atoms with Crippen molar-refractivity contribution in [2.75, 3.05) is 0 Å². The second kappa shape index (κ2) is 9.42. The minimum Gasteiger partial charge on any atom is -0.480 e. The number of carboxylic acids is 1. The molecule has 1 aromatic carbocycles. The van der Waals surface area contributed by atoms with Crippen molar-refractivity contribution in [3.8, 4) is 6.07 Å². The second-order valence-electron chi connectivity index (χ2n) is 6.29. The van der Waals surface area contributed by atoms with Crippen LogP contribution in [0.4, 0.5) is 0 Å². The first-order chi connectivity index (χ1) is 11.7. The van der Waals surface area contributed by atoms with Gasteiger partial charge in [0.25, 0.3) is 0 Å². The molecule has 0 heterocycles. The number of amides is 2. The van der Waals surface area contributed by atoms with Gasteiger partial charge in [-0.1, -0.05) is 26.0 Å². The lowest BCUT2D eigenvalue weighted by Crippen LogP contribution is -2.52. The number of nitriles is 1. The maximum atomic E-state index is 12.4. The van der Waals surface area contributed by atoms with Gasteiger partial charge < -0.3 is 15.7 Å². The highest BCUT2D eigenvalue weighted by Gasteiger charge is 2.26. The topological polar surface area (TPSA) is 119 Å². The molecule has 7 heteroatoms. The molecule has 0 saturated heterocycles. The Morgan fingerprint density at radius 3 is 2.16 bits per heavy atom. The number of hydrogen-bond donors (Lipinski definition) is 3. The molecule has 2 amide bonds. The molecule has 0 radical (unpaired) electrons. The lowest BCUT2D eigenvalue weighted by atomic mass is 10.0. The van der Waals surface area contributed by atoms with Crippen LogP contribution in [-0.4, -0.2) is 35.0 Å².